The van der Waals surface area contributed by atoms with Gasteiger partial charge in [0.2, 0.25) is 6.08 Å². The number of carbonyl (C=O) groups excluding carboxylic acids is 4. The van der Waals surface area contributed by atoms with E-state index in [1.54, 1.807) is 26.8 Å². The summed E-state index contributed by atoms with van der Waals surface area (Å²) in [6.45, 7) is 16.3. The SMILES string of the molecule is CC(C)(C)OC(=O)N1CCN(C(=O)Nc2ccccc2)CC1.CC(C)(C)OC(=O)N1CCNCC1.O=C=Nc1ccccc1. The van der Waals surface area contributed by atoms with E-state index in [2.05, 4.69) is 15.6 Å². The van der Waals surface area contributed by atoms with Gasteiger partial charge >= 0.3 is 18.2 Å². The van der Waals surface area contributed by atoms with Gasteiger partial charge in [-0.1, -0.05) is 36.4 Å². The Morgan fingerprint density at radius 2 is 1.14 bits per heavy atom. The quantitative estimate of drug-likeness (QED) is 0.351. The molecule has 2 aliphatic rings. The number of aliphatic imine (C=N–C) groups is 1. The second kappa shape index (κ2) is 17.6. The molecule has 2 heterocycles. The van der Waals surface area contributed by atoms with Crippen molar-refractivity contribution in [2.45, 2.75) is 52.7 Å². The summed E-state index contributed by atoms with van der Waals surface area (Å²) in [5.41, 5.74) is 0.524. The molecule has 0 bridgehead atoms. The van der Waals surface area contributed by atoms with Crippen molar-refractivity contribution >= 4 is 35.7 Å². The number of hydrogen-bond donors (Lipinski definition) is 2. The zero-order valence-corrected chi connectivity index (χ0v) is 26.7. The summed E-state index contributed by atoms with van der Waals surface area (Å²) in [4.78, 5) is 53.8. The lowest BCUT2D eigenvalue weighted by molar-refractivity contribution is 0.0172. The highest BCUT2D eigenvalue weighted by Gasteiger charge is 2.27. The average Bonchev–Trinajstić information content (AvgIpc) is 2.98. The van der Waals surface area contributed by atoms with Crippen molar-refractivity contribution in [1.29, 1.82) is 0 Å². The highest BCUT2D eigenvalue weighted by atomic mass is 16.6. The Hall–Kier alpha value is -4.41. The van der Waals surface area contributed by atoms with Gasteiger partial charge < -0.3 is 34.8 Å². The third-order valence-electron chi connectivity index (χ3n) is 5.94. The standard InChI is InChI=1S/C16H23N3O3.C9H18N2O2.C7H5NO/c1-16(2,3)22-15(21)19-11-9-18(10-12-19)14(20)17-13-7-5-4-6-8-13;1-9(2,3)13-8(12)11-6-4-10-5-7-11;9-6-8-7-4-2-1-3-5-7/h4-8H,9-12H2,1-3H3,(H,17,20);10H,4-7H2,1-3H3;1-5H. The van der Waals surface area contributed by atoms with Crippen molar-refractivity contribution in [3.63, 3.8) is 0 Å². The summed E-state index contributed by atoms with van der Waals surface area (Å²) in [6.07, 6.45) is 0.935. The highest BCUT2D eigenvalue weighted by molar-refractivity contribution is 5.89. The number of carbonyl (C=O) groups is 3. The molecule has 2 aromatic carbocycles. The normalized spacial score (nSPS) is 14.8. The van der Waals surface area contributed by atoms with E-state index in [1.165, 1.54) is 6.08 Å². The van der Waals surface area contributed by atoms with Crippen molar-refractivity contribution in [2.75, 3.05) is 57.7 Å². The molecule has 0 saturated carbocycles. The monoisotopic (exact) mass is 610 g/mol. The van der Waals surface area contributed by atoms with Crippen LogP contribution in [-0.2, 0) is 14.3 Å². The maximum Gasteiger partial charge on any atom is 0.410 e. The Kier molecular flexibility index (Phi) is 14.4. The van der Waals surface area contributed by atoms with Crippen LogP contribution < -0.4 is 10.6 Å². The Bertz CT molecular complexity index is 1210. The van der Waals surface area contributed by atoms with Gasteiger partial charge in [-0.25, -0.2) is 19.2 Å². The second-order valence-corrected chi connectivity index (χ2v) is 12.0. The minimum Gasteiger partial charge on any atom is -0.444 e. The van der Waals surface area contributed by atoms with Crippen molar-refractivity contribution in [3.8, 4) is 0 Å². The molecule has 2 N–H and O–H groups in total. The molecule has 2 saturated heterocycles. The minimum atomic E-state index is -0.501. The van der Waals surface area contributed by atoms with Crippen LogP contribution in [-0.4, -0.2) is 103 Å². The number of para-hydroxylation sites is 2. The van der Waals surface area contributed by atoms with Gasteiger partial charge in [0.15, 0.2) is 0 Å². The van der Waals surface area contributed by atoms with Gasteiger partial charge in [0.1, 0.15) is 11.2 Å². The van der Waals surface area contributed by atoms with E-state index in [4.69, 9.17) is 9.47 Å². The summed E-state index contributed by atoms with van der Waals surface area (Å²) in [5.74, 6) is 0. The summed E-state index contributed by atoms with van der Waals surface area (Å²) in [5, 5.41) is 6.03. The van der Waals surface area contributed by atoms with Crippen LogP contribution in [0.4, 0.5) is 25.8 Å². The van der Waals surface area contributed by atoms with Gasteiger partial charge in [-0.2, -0.15) is 4.99 Å². The molecule has 2 aromatic rings. The topological polar surface area (TPSA) is 133 Å². The number of anilines is 1. The van der Waals surface area contributed by atoms with E-state index < -0.39 is 5.60 Å². The molecule has 2 fully saturated rings. The Morgan fingerprint density at radius 3 is 1.59 bits per heavy atom. The van der Waals surface area contributed by atoms with Gasteiger partial charge in [0, 0.05) is 58.0 Å². The maximum absolute atomic E-state index is 12.2. The number of nitrogens with one attached hydrogen (secondary N) is 2. The van der Waals surface area contributed by atoms with Crippen molar-refractivity contribution < 1.29 is 28.7 Å². The van der Waals surface area contributed by atoms with Gasteiger partial charge in [-0.3, -0.25) is 0 Å². The predicted octanol–water partition coefficient (Wildman–Crippen LogP) is 5.25. The molecule has 0 atom stereocenters. The van der Waals surface area contributed by atoms with Crippen molar-refractivity contribution in [3.05, 3.63) is 60.7 Å². The predicted molar refractivity (Wildman–Crippen MR) is 170 cm³/mol. The molecule has 0 radical (unpaired) electrons. The fourth-order valence-electron chi connectivity index (χ4n) is 3.87. The van der Waals surface area contributed by atoms with Crippen LogP contribution in [0.1, 0.15) is 41.5 Å². The van der Waals surface area contributed by atoms with E-state index in [0.717, 1.165) is 31.9 Å². The van der Waals surface area contributed by atoms with Crippen LogP contribution in [0.3, 0.4) is 0 Å². The summed E-state index contributed by atoms with van der Waals surface area (Å²) in [6, 6.07) is 18.2. The molecular weight excluding hydrogens is 564 g/mol. The fraction of sp³-hybridized carbons (Fsp3) is 0.500. The number of amides is 4. The van der Waals surface area contributed by atoms with Crippen molar-refractivity contribution in [1.82, 2.24) is 20.0 Å². The number of isocyanates is 1. The lowest BCUT2D eigenvalue weighted by atomic mass is 10.2. The number of urea groups is 1. The number of hydrogen-bond acceptors (Lipinski definition) is 8. The van der Waals surface area contributed by atoms with Crippen LogP contribution in [0.25, 0.3) is 0 Å². The molecule has 44 heavy (non-hydrogen) atoms. The lowest BCUT2D eigenvalue weighted by Gasteiger charge is -2.35. The first-order valence-electron chi connectivity index (χ1n) is 14.7. The Balaban J connectivity index is 0.000000258. The van der Waals surface area contributed by atoms with E-state index in [-0.39, 0.29) is 23.8 Å². The largest absolute Gasteiger partial charge is 0.444 e. The van der Waals surface area contributed by atoms with Crippen LogP contribution in [0.15, 0.2) is 65.7 Å². The molecule has 0 unspecified atom stereocenters. The van der Waals surface area contributed by atoms with Crippen LogP contribution in [0.5, 0.6) is 0 Å². The first kappa shape index (κ1) is 35.8. The zero-order chi connectivity index (χ0) is 32.6. The smallest absolute Gasteiger partial charge is 0.410 e. The van der Waals surface area contributed by atoms with Crippen LogP contribution in [0.2, 0.25) is 0 Å². The van der Waals surface area contributed by atoms with E-state index >= 15 is 0 Å². The number of nitrogens with zero attached hydrogens (tertiary/aromatic N) is 4. The molecule has 12 nitrogen and oxygen atoms in total. The van der Waals surface area contributed by atoms with E-state index in [9.17, 15) is 19.2 Å². The van der Waals surface area contributed by atoms with Gasteiger partial charge in [-0.15, -0.1) is 0 Å². The summed E-state index contributed by atoms with van der Waals surface area (Å²) < 4.78 is 10.6. The molecule has 4 rings (SSSR count). The molecular formula is C32H46N6O6. The molecule has 0 spiro atoms. The second-order valence-electron chi connectivity index (χ2n) is 12.0. The summed E-state index contributed by atoms with van der Waals surface area (Å²) in [7, 11) is 0. The fourth-order valence-corrected chi connectivity index (χ4v) is 3.87. The van der Waals surface area contributed by atoms with Crippen molar-refractivity contribution in [2.24, 2.45) is 4.99 Å². The molecule has 240 valence electrons. The molecule has 12 heteroatoms. The summed E-state index contributed by atoms with van der Waals surface area (Å²) >= 11 is 0. The molecule has 2 aliphatic heterocycles. The van der Waals surface area contributed by atoms with Gasteiger partial charge in [0.05, 0.1) is 5.69 Å². The zero-order valence-electron chi connectivity index (χ0n) is 26.7. The Labute approximate surface area is 260 Å². The molecule has 0 aliphatic carbocycles. The highest BCUT2D eigenvalue weighted by Crippen LogP contribution is 2.14. The average molecular weight is 611 g/mol. The number of ether oxygens (including phenoxy) is 2. The lowest BCUT2D eigenvalue weighted by Crippen LogP contribution is -2.52. The first-order chi connectivity index (χ1) is 20.8. The van der Waals surface area contributed by atoms with Gasteiger partial charge in [-0.05, 0) is 65.8 Å². The third-order valence-corrected chi connectivity index (χ3v) is 5.94. The number of rotatable bonds is 2. The minimum absolute atomic E-state index is 0.143. The Morgan fingerprint density at radius 1 is 0.705 bits per heavy atom. The van der Waals surface area contributed by atoms with E-state index in [0.29, 0.717) is 31.9 Å². The van der Waals surface area contributed by atoms with E-state index in [1.807, 2.05) is 90.1 Å². The third kappa shape index (κ3) is 14.7. The first-order valence-corrected chi connectivity index (χ1v) is 14.7. The molecule has 4 amide bonds. The van der Waals surface area contributed by atoms with Crippen LogP contribution >= 0.6 is 0 Å². The van der Waals surface area contributed by atoms with Gasteiger partial charge in [0.25, 0.3) is 0 Å². The van der Waals surface area contributed by atoms with Crippen LogP contribution in [0, 0.1) is 0 Å². The maximum atomic E-state index is 12.2. The number of piperazine rings is 2. The molecule has 0 aromatic heterocycles. The number of benzene rings is 2.